The lowest BCUT2D eigenvalue weighted by Gasteiger charge is -2.16. The smallest absolute Gasteiger partial charge is 0.327 e. The highest BCUT2D eigenvalue weighted by atomic mass is 31.1. The molecule has 0 bridgehead atoms. The zero-order valence-corrected chi connectivity index (χ0v) is 23.9. The van der Waals surface area contributed by atoms with Crippen LogP contribution in [-0.4, -0.2) is 37.8 Å². The van der Waals surface area contributed by atoms with Gasteiger partial charge in [0.05, 0.1) is 0 Å². The molecular formula is C28H54NO6P. The maximum absolute atomic E-state index is 12.2. The molecule has 0 radical (unpaired) electrons. The van der Waals surface area contributed by atoms with Gasteiger partial charge in [0.25, 0.3) is 0 Å². The molecule has 0 aliphatic rings. The maximum Gasteiger partial charge on any atom is 0.327 e. The van der Waals surface area contributed by atoms with E-state index in [1.807, 2.05) is 0 Å². The topological polar surface area (TPSA) is 105 Å². The summed E-state index contributed by atoms with van der Waals surface area (Å²) in [6, 6.07) is 0. The molecule has 2 N–H and O–H groups in total. The average molecular weight is 532 g/mol. The van der Waals surface area contributed by atoms with Gasteiger partial charge < -0.3 is 15.2 Å². The summed E-state index contributed by atoms with van der Waals surface area (Å²) in [5, 5.41) is 0. The van der Waals surface area contributed by atoms with Crippen LogP contribution in [0.5, 0.6) is 0 Å². The third-order valence-electron chi connectivity index (χ3n) is 6.36. The summed E-state index contributed by atoms with van der Waals surface area (Å²) in [4.78, 5) is 24.2. The van der Waals surface area contributed by atoms with Gasteiger partial charge in [0.15, 0.2) is 6.10 Å². The van der Waals surface area contributed by atoms with Crippen LogP contribution >= 0.6 is 8.69 Å². The number of ether oxygens (including phenoxy) is 2. The molecule has 0 amide bonds. The Balaban J connectivity index is 3.82. The van der Waals surface area contributed by atoms with Gasteiger partial charge in [0.2, 0.25) is 0 Å². The number of carbonyl (C=O) groups excluding carboxylic acids is 2. The van der Waals surface area contributed by atoms with Crippen molar-refractivity contribution in [1.82, 2.24) is 0 Å². The Labute approximate surface area is 222 Å². The molecule has 0 aromatic carbocycles. The van der Waals surface area contributed by atoms with E-state index >= 15 is 0 Å². The summed E-state index contributed by atoms with van der Waals surface area (Å²) in [6.07, 6.45) is 22.2. The number of hydrogen-bond acceptors (Lipinski definition) is 7. The van der Waals surface area contributed by atoms with Gasteiger partial charge in [0, 0.05) is 12.8 Å². The quantitative estimate of drug-likeness (QED) is 0.0623. The maximum atomic E-state index is 12.2. The van der Waals surface area contributed by atoms with Crippen LogP contribution in [0.15, 0.2) is 0 Å². The van der Waals surface area contributed by atoms with Crippen molar-refractivity contribution in [2.45, 2.75) is 148 Å². The highest BCUT2D eigenvalue weighted by molar-refractivity contribution is 7.17. The van der Waals surface area contributed by atoms with Gasteiger partial charge in [0.1, 0.15) is 13.2 Å². The fourth-order valence-corrected chi connectivity index (χ4v) is 4.37. The molecular weight excluding hydrogens is 477 g/mol. The van der Waals surface area contributed by atoms with Gasteiger partial charge >= 0.3 is 20.6 Å². The van der Waals surface area contributed by atoms with Gasteiger partial charge in [-0.05, 0) is 25.8 Å². The van der Waals surface area contributed by atoms with E-state index in [1.165, 1.54) is 77.0 Å². The van der Waals surface area contributed by atoms with Crippen LogP contribution in [0.1, 0.15) is 142 Å². The van der Waals surface area contributed by atoms with Crippen LogP contribution in [0.3, 0.4) is 0 Å². The number of nitrogens with two attached hydrogens (primary N) is 1. The lowest BCUT2D eigenvalue weighted by molar-refractivity contribution is -0.160. The van der Waals surface area contributed by atoms with Crippen molar-refractivity contribution in [3.8, 4) is 0 Å². The van der Waals surface area contributed by atoms with Crippen LogP contribution in [-0.2, 0) is 28.2 Å². The molecule has 212 valence electrons. The van der Waals surface area contributed by atoms with Crippen molar-refractivity contribution in [3.05, 3.63) is 0 Å². The summed E-state index contributed by atoms with van der Waals surface area (Å²) in [7, 11) is -0.488. The number of hydrogen-bond donors (Lipinski definition) is 1. The van der Waals surface area contributed by atoms with Crippen LogP contribution < -0.4 is 5.73 Å². The van der Waals surface area contributed by atoms with E-state index in [9.17, 15) is 14.2 Å². The molecule has 0 saturated heterocycles. The molecule has 1 atom stereocenters. The largest absolute Gasteiger partial charge is 0.462 e. The molecule has 0 aromatic rings. The Kier molecular flexibility index (Phi) is 27.7. The molecule has 8 heteroatoms. The molecule has 7 nitrogen and oxygen atoms in total. The molecule has 0 unspecified atom stereocenters. The molecule has 0 aliphatic carbocycles. The molecule has 0 aromatic heterocycles. The molecule has 0 spiro atoms. The second-order valence-electron chi connectivity index (χ2n) is 9.82. The fraction of sp³-hybridized carbons (Fsp3) is 0.929. The molecule has 0 aliphatic heterocycles. The van der Waals surface area contributed by atoms with Crippen molar-refractivity contribution in [1.29, 1.82) is 0 Å². The van der Waals surface area contributed by atoms with Crippen LogP contribution in [0.25, 0.3) is 0 Å². The number of carbonyl (C=O) groups is 2. The normalized spacial score (nSPS) is 12.1. The average Bonchev–Trinajstić information content (AvgIpc) is 2.87. The molecule has 36 heavy (non-hydrogen) atoms. The summed E-state index contributed by atoms with van der Waals surface area (Å²) in [6.45, 7) is 2.87. The highest BCUT2D eigenvalue weighted by Crippen LogP contribution is 2.13. The van der Waals surface area contributed by atoms with E-state index in [0.717, 1.165) is 51.5 Å². The van der Waals surface area contributed by atoms with Gasteiger partial charge in [-0.1, -0.05) is 110 Å². The minimum atomic E-state index is -0.732. The van der Waals surface area contributed by atoms with Crippen molar-refractivity contribution in [2.75, 3.05) is 19.8 Å². The Morgan fingerprint density at radius 2 is 1.08 bits per heavy atom. The first-order chi connectivity index (χ1) is 17.6. The van der Waals surface area contributed by atoms with E-state index in [4.69, 9.17) is 19.7 Å². The highest BCUT2D eigenvalue weighted by Gasteiger charge is 2.17. The fourth-order valence-electron chi connectivity index (χ4n) is 4.14. The summed E-state index contributed by atoms with van der Waals surface area (Å²) >= 11 is 0. The predicted octanol–water partition coefficient (Wildman–Crippen LogP) is 7.84. The van der Waals surface area contributed by atoms with Gasteiger partial charge in [-0.3, -0.25) is 14.1 Å². The van der Waals surface area contributed by atoms with E-state index in [0.29, 0.717) is 12.8 Å². The number of rotatable bonds is 28. The van der Waals surface area contributed by atoms with Crippen molar-refractivity contribution < 1.29 is 28.2 Å². The molecule has 0 heterocycles. The molecule has 0 fully saturated rings. The minimum Gasteiger partial charge on any atom is -0.462 e. The first-order valence-corrected chi connectivity index (χ1v) is 15.4. The van der Waals surface area contributed by atoms with Gasteiger partial charge in [-0.2, -0.15) is 0 Å². The number of esters is 2. The van der Waals surface area contributed by atoms with Crippen LogP contribution in [0.4, 0.5) is 0 Å². The van der Waals surface area contributed by atoms with Crippen molar-refractivity contribution >= 4 is 20.6 Å². The molecule has 0 saturated carbocycles. The Morgan fingerprint density at radius 1 is 0.639 bits per heavy atom. The SMILES string of the molecule is CCCCCCCCCCCCCC(=O)O[C@@H](COP=O)COC(=O)CCCCCCCCCCN. The lowest BCUT2D eigenvalue weighted by Crippen LogP contribution is -2.28. The first-order valence-electron chi connectivity index (χ1n) is 14.6. The van der Waals surface area contributed by atoms with Crippen molar-refractivity contribution in [3.63, 3.8) is 0 Å². The van der Waals surface area contributed by atoms with E-state index in [1.54, 1.807) is 0 Å². The Morgan fingerprint density at radius 3 is 1.56 bits per heavy atom. The van der Waals surface area contributed by atoms with Gasteiger partial charge in [-0.25, -0.2) is 4.57 Å². The standard InChI is InChI=1S/C28H54NO6P/c1-2-3-4-5-6-7-8-9-13-16-19-22-28(31)35-26(25-34-36-32)24-33-27(30)21-18-15-12-10-11-14-17-20-23-29/h26H,2-25,29H2,1H3/t26-/m1/s1. The lowest BCUT2D eigenvalue weighted by atomic mass is 10.1. The van der Waals surface area contributed by atoms with Crippen LogP contribution in [0, 0.1) is 0 Å². The summed E-state index contributed by atoms with van der Waals surface area (Å²) in [5.74, 6) is -0.631. The van der Waals surface area contributed by atoms with E-state index < -0.39 is 14.8 Å². The third-order valence-corrected chi connectivity index (χ3v) is 6.62. The second kappa shape index (κ2) is 28.5. The van der Waals surface area contributed by atoms with E-state index in [2.05, 4.69) is 6.92 Å². The van der Waals surface area contributed by atoms with Crippen LogP contribution in [0.2, 0.25) is 0 Å². The zero-order valence-electron chi connectivity index (χ0n) is 23.0. The summed E-state index contributed by atoms with van der Waals surface area (Å²) in [5.41, 5.74) is 5.49. The minimum absolute atomic E-state index is 0.0630. The monoisotopic (exact) mass is 531 g/mol. The first kappa shape index (κ1) is 35.0. The van der Waals surface area contributed by atoms with E-state index in [-0.39, 0.29) is 25.2 Å². The molecule has 0 rings (SSSR count). The van der Waals surface area contributed by atoms with Gasteiger partial charge in [-0.15, -0.1) is 0 Å². The zero-order chi connectivity index (χ0) is 26.5. The Bertz CT molecular complexity index is 520. The number of unbranched alkanes of at least 4 members (excludes halogenated alkanes) is 17. The predicted molar refractivity (Wildman–Crippen MR) is 146 cm³/mol. The Hall–Kier alpha value is -1.04. The summed E-state index contributed by atoms with van der Waals surface area (Å²) < 4.78 is 26.2. The van der Waals surface area contributed by atoms with Crippen molar-refractivity contribution in [2.24, 2.45) is 5.73 Å². The third kappa shape index (κ3) is 26.0. The second-order valence-corrected chi connectivity index (χ2v) is 10.2.